The van der Waals surface area contributed by atoms with Crippen LogP contribution in [0.25, 0.3) is 0 Å². The summed E-state index contributed by atoms with van der Waals surface area (Å²) >= 11 is 0. The summed E-state index contributed by atoms with van der Waals surface area (Å²) in [6, 6.07) is 0. The Hall–Kier alpha value is -2.24. The summed E-state index contributed by atoms with van der Waals surface area (Å²) in [5.74, 6) is 0. The van der Waals surface area contributed by atoms with Gasteiger partial charge in [0.25, 0.3) is 6.36 Å². The van der Waals surface area contributed by atoms with Crippen molar-refractivity contribution in [3.63, 3.8) is 0 Å². The minimum absolute atomic E-state index is 1.05. The van der Waals surface area contributed by atoms with Crippen LogP contribution in [0.5, 0.6) is 0 Å². The summed E-state index contributed by atoms with van der Waals surface area (Å²) in [7, 11) is 0. The highest BCUT2D eigenvalue weighted by Gasteiger charge is 2.80. The Labute approximate surface area is 244 Å². The molecule has 0 spiro atoms. The minimum atomic E-state index is -8.31. The van der Waals surface area contributed by atoms with Crippen LogP contribution < -0.4 is 0 Å². The Morgan fingerprint density at radius 2 is 0.408 bits per heavy atom. The number of hydrogen-bond donors (Lipinski definition) is 1. The maximum absolute atomic E-state index is 13.4. The number of rotatable bonds is 18. The van der Waals surface area contributed by atoms with Crippen LogP contribution in [0.4, 0.5) is 123 Å². The van der Waals surface area contributed by atoms with Crippen molar-refractivity contribution < 1.29 is 156 Å². The highest BCUT2D eigenvalue weighted by molar-refractivity contribution is 4.82. The van der Waals surface area contributed by atoms with E-state index in [-0.39, 0.29) is 0 Å². The first-order valence-electron chi connectivity index (χ1n) is 9.82. The van der Waals surface area contributed by atoms with Crippen LogP contribution in [0.1, 0.15) is 0 Å². The molecule has 49 heavy (non-hydrogen) atoms. The first-order chi connectivity index (χ1) is 20.7. The van der Waals surface area contributed by atoms with E-state index in [1.165, 1.54) is 9.47 Å². The van der Waals surface area contributed by atoms with Gasteiger partial charge in [-0.15, -0.1) is 0 Å². The predicted molar refractivity (Wildman–Crippen MR) is 79.0 cm³/mol. The van der Waals surface area contributed by atoms with Gasteiger partial charge >= 0.3 is 79.5 Å². The first kappa shape index (κ1) is 46.8. The summed E-state index contributed by atoms with van der Waals surface area (Å²) in [5.41, 5.74) is 0. The molecule has 1 atom stereocenters. The molecule has 0 fully saturated rings. The van der Waals surface area contributed by atoms with E-state index in [9.17, 15) is 123 Å². The number of hydrogen-bond acceptors (Lipinski definition) is 7. The Kier molecular flexibility index (Phi) is 12.2. The van der Waals surface area contributed by atoms with Crippen molar-refractivity contribution in [3.05, 3.63) is 0 Å². The molecule has 0 saturated carbocycles. The fourth-order valence-electron chi connectivity index (χ4n) is 1.68. The van der Waals surface area contributed by atoms with Crippen LogP contribution in [0.15, 0.2) is 0 Å². The Bertz CT molecular complexity index is 1130. The highest BCUT2D eigenvalue weighted by atomic mass is 19.4. The van der Waals surface area contributed by atoms with Gasteiger partial charge in [0, 0.05) is 0 Å². The molecule has 1 unspecified atom stereocenters. The summed E-state index contributed by atoms with van der Waals surface area (Å²) in [4.78, 5) is 0. The zero-order chi connectivity index (χ0) is 40.3. The molecular weight excluding hydrogens is 812 g/mol. The fraction of sp³-hybridized carbons (Fsp3) is 1.00. The molecular formula is C14H2F28O7. The van der Waals surface area contributed by atoms with Crippen molar-refractivity contribution >= 4 is 0 Å². The smallest absolute Gasteiger partial charge is 0.357 e. The van der Waals surface area contributed by atoms with Gasteiger partial charge in [0.2, 0.25) is 0 Å². The number of aliphatic hydroxyl groups is 1. The van der Waals surface area contributed by atoms with Gasteiger partial charge in [-0.3, -0.25) is 0 Å². The Morgan fingerprint density at radius 1 is 0.265 bits per heavy atom. The van der Waals surface area contributed by atoms with Crippen molar-refractivity contribution in [1.82, 2.24) is 0 Å². The summed E-state index contributed by atoms with van der Waals surface area (Å²) < 4.78 is 368. The van der Waals surface area contributed by atoms with Crippen molar-refractivity contribution in [1.29, 1.82) is 0 Å². The van der Waals surface area contributed by atoms with E-state index in [1.807, 2.05) is 0 Å². The molecule has 0 rings (SSSR count). The minimum Gasteiger partial charge on any atom is -0.357 e. The maximum Gasteiger partial charge on any atom is 0.483 e. The summed E-state index contributed by atoms with van der Waals surface area (Å²) in [5, 5.41) is 7.70. The number of halogens is 28. The van der Waals surface area contributed by atoms with Crippen LogP contribution >= 0.6 is 0 Å². The lowest BCUT2D eigenvalue weighted by Crippen LogP contribution is -2.62. The quantitative estimate of drug-likeness (QED) is 0.141. The van der Waals surface area contributed by atoms with E-state index >= 15 is 0 Å². The number of alkyl halides is 28. The van der Waals surface area contributed by atoms with E-state index in [2.05, 4.69) is 0 Å². The molecule has 296 valence electrons. The zero-order valence-electron chi connectivity index (χ0n) is 20.6. The summed E-state index contributed by atoms with van der Waals surface area (Å²) in [6.45, 7) is 0. The normalized spacial score (nSPS) is 17.1. The van der Waals surface area contributed by atoms with Crippen molar-refractivity contribution in [2.24, 2.45) is 0 Å². The van der Waals surface area contributed by atoms with E-state index in [4.69, 9.17) is 5.11 Å². The fourth-order valence-corrected chi connectivity index (χ4v) is 1.68. The average molecular weight is 814 g/mol. The van der Waals surface area contributed by atoms with E-state index in [0.29, 0.717) is 0 Å². The van der Waals surface area contributed by atoms with Crippen LogP contribution in [-0.4, -0.2) is 90.9 Å². The van der Waals surface area contributed by atoms with Gasteiger partial charge in [0.1, 0.15) is 0 Å². The summed E-state index contributed by atoms with van der Waals surface area (Å²) in [6.07, 6.45) is -108. The van der Waals surface area contributed by atoms with Gasteiger partial charge in [-0.05, 0) is 0 Å². The third-order valence-electron chi connectivity index (χ3n) is 3.85. The molecule has 0 aromatic rings. The predicted octanol–water partition coefficient (Wildman–Crippen LogP) is 8.05. The monoisotopic (exact) mass is 814 g/mol. The van der Waals surface area contributed by atoms with Crippen LogP contribution in [-0.2, 0) is 28.4 Å². The van der Waals surface area contributed by atoms with Gasteiger partial charge < -0.3 is 5.11 Å². The molecule has 0 saturated heterocycles. The number of ether oxygens (including phenoxy) is 6. The molecule has 0 bridgehead atoms. The highest BCUT2D eigenvalue weighted by Crippen LogP contribution is 2.54. The lowest BCUT2D eigenvalue weighted by atomic mass is 10.4. The molecule has 1 N–H and O–H groups in total. The van der Waals surface area contributed by atoms with E-state index in [0.717, 1.165) is 18.9 Å². The van der Waals surface area contributed by atoms with Crippen molar-refractivity contribution in [3.8, 4) is 0 Å². The van der Waals surface area contributed by atoms with E-state index < -0.39 is 85.8 Å². The molecule has 7 nitrogen and oxygen atoms in total. The molecule has 0 aliphatic rings. The van der Waals surface area contributed by atoms with Crippen LogP contribution in [0.2, 0.25) is 0 Å². The number of aliphatic hydroxyl groups excluding tert-OH is 1. The van der Waals surface area contributed by atoms with Gasteiger partial charge in [-0.1, -0.05) is 0 Å². The molecule has 0 aromatic heterocycles. The Morgan fingerprint density at radius 3 is 0.551 bits per heavy atom. The topological polar surface area (TPSA) is 75.6 Å². The average Bonchev–Trinajstić information content (AvgIpc) is 2.73. The Balaban J connectivity index is 6.29. The second kappa shape index (κ2) is 12.8. The first-order valence-corrected chi connectivity index (χ1v) is 9.82. The maximum atomic E-state index is 13.4. The second-order valence-corrected chi connectivity index (χ2v) is 7.69. The second-order valence-electron chi connectivity index (χ2n) is 7.69. The van der Waals surface area contributed by atoms with Crippen LogP contribution in [0, 0.1) is 0 Å². The molecule has 0 aromatic carbocycles. The molecule has 0 aliphatic carbocycles. The molecule has 0 heterocycles. The lowest BCUT2D eigenvalue weighted by molar-refractivity contribution is -0.596. The SMILES string of the molecule is OC(F)C(F)(F)OC(F)(F)C(F)(F)OC(F)(F)C(F)(F)OC(F)(F)C(F)(F)OC(F)(F)C(F)(F)OC(F)(F)C(F)(F)OC(F)(F)C(F)(F)F. The largest absolute Gasteiger partial charge is 0.483 e. The third-order valence-corrected chi connectivity index (χ3v) is 3.85. The van der Waals surface area contributed by atoms with E-state index in [1.54, 1.807) is 0 Å². The standard InChI is InChI=1S/C14H2F28O7/c15-1(43)2(16,17)44-5(23,24)6(25,26)46-9(31,32)10(33,34)48-13(39,40)14(41,42)49-12(37,38)11(35,36)47-8(29,30)7(27,28)45-4(21,22)3(18,19)20/h1,43H. The molecule has 0 aliphatic heterocycles. The van der Waals surface area contributed by atoms with Gasteiger partial charge in [0.05, 0.1) is 0 Å². The molecule has 0 radical (unpaired) electrons. The van der Waals surface area contributed by atoms with Crippen LogP contribution in [0.3, 0.4) is 0 Å². The van der Waals surface area contributed by atoms with Gasteiger partial charge in [-0.2, -0.15) is 119 Å². The molecule has 0 amide bonds. The van der Waals surface area contributed by atoms with Crippen molar-refractivity contribution in [2.75, 3.05) is 0 Å². The third kappa shape index (κ3) is 9.97. The van der Waals surface area contributed by atoms with Crippen molar-refractivity contribution in [2.45, 2.75) is 85.8 Å². The molecule has 35 heteroatoms. The van der Waals surface area contributed by atoms with Gasteiger partial charge in [-0.25, -0.2) is 32.8 Å². The lowest BCUT2D eigenvalue weighted by Gasteiger charge is -2.37. The zero-order valence-corrected chi connectivity index (χ0v) is 20.6. The van der Waals surface area contributed by atoms with Gasteiger partial charge in [0.15, 0.2) is 0 Å².